The third-order valence-electron chi connectivity index (χ3n) is 2.84. The molecule has 0 spiro atoms. The zero-order chi connectivity index (χ0) is 14.5. The summed E-state index contributed by atoms with van der Waals surface area (Å²) in [4.78, 5) is 4.35. The fraction of sp³-hybridized carbons (Fsp3) is 0.312. The van der Waals surface area contributed by atoms with Gasteiger partial charge in [0.1, 0.15) is 11.5 Å². The minimum Gasteiger partial charge on any atom is -0.456 e. The SMILES string of the molecule is Cc1cc(Oc2ccccc2Br)c(CNC(C)C)cn1. The second kappa shape index (κ2) is 6.86. The molecule has 0 saturated heterocycles. The molecule has 0 unspecified atom stereocenters. The van der Waals surface area contributed by atoms with Gasteiger partial charge in [-0.3, -0.25) is 4.98 Å². The van der Waals surface area contributed by atoms with E-state index in [1.165, 1.54) is 0 Å². The Morgan fingerprint density at radius 1 is 1.25 bits per heavy atom. The Labute approximate surface area is 128 Å². The first-order valence-corrected chi connectivity index (χ1v) is 7.47. The summed E-state index contributed by atoms with van der Waals surface area (Å²) in [5.41, 5.74) is 2.00. The summed E-state index contributed by atoms with van der Waals surface area (Å²) in [7, 11) is 0. The number of pyridine rings is 1. The zero-order valence-electron chi connectivity index (χ0n) is 12.0. The highest BCUT2D eigenvalue weighted by molar-refractivity contribution is 9.10. The van der Waals surface area contributed by atoms with E-state index < -0.39 is 0 Å². The lowest BCUT2D eigenvalue weighted by Gasteiger charge is -2.14. The van der Waals surface area contributed by atoms with Gasteiger partial charge in [-0.25, -0.2) is 0 Å². The average Bonchev–Trinajstić information content (AvgIpc) is 2.40. The Bertz CT molecular complexity index is 584. The Hall–Kier alpha value is -1.39. The second-order valence-electron chi connectivity index (χ2n) is 5.00. The molecule has 0 fully saturated rings. The molecule has 0 amide bonds. The molecule has 3 nitrogen and oxygen atoms in total. The molecule has 1 aromatic heterocycles. The van der Waals surface area contributed by atoms with Gasteiger partial charge >= 0.3 is 0 Å². The molecule has 20 heavy (non-hydrogen) atoms. The van der Waals surface area contributed by atoms with Crippen molar-refractivity contribution in [2.75, 3.05) is 0 Å². The molecular weight excluding hydrogens is 316 g/mol. The first-order chi connectivity index (χ1) is 9.56. The van der Waals surface area contributed by atoms with Crippen molar-refractivity contribution in [2.45, 2.75) is 33.4 Å². The van der Waals surface area contributed by atoms with Crippen molar-refractivity contribution in [1.29, 1.82) is 0 Å². The Morgan fingerprint density at radius 2 is 2.00 bits per heavy atom. The molecule has 1 heterocycles. The number of nitrogens with one attached hydrogen (secondary N) is 1. The molecule has 2 aromatic rings. The van der Waals surface area contributed by atoms with Crippen molar-refractivity contribution in [1.82, 2.24) is 10.3 Å². The van der Waals surface area contributed by atoms with E-state index in [2.05, 4.69) is 40.1 Å². The summed E-state index contributed by atoms with van der Waals surface area (Å²) >= 11 is 3.50. The number of halogens is 1. The van der Waals surface area contributed by atoms with Crippen molar-refractivity contribution in [2.24, 2.45) is 0 Å². The van der Waals surface area contributed by atoms with E-state index in [0.717, 1.165) is 33.8 Å². The van der Waals surface area contributed by atoms with E-state index in [-0.39, 0.29) is 0 Å². The van der Waals surface area contributed by atoms with Gasteiger partial charge in [-0.05, 0) is 35.0 Å². The summed E-state index contributed by atoms with van der Waals surface area (Å²) in [5.74, 6) is 1.65. The molecule has 0 radical (unpaired) electrons. The predicted molar refractivity (Wildman–Crippen MR) is 85.2 cm³/mol. The topological polar surface area (TPSA) is 34.1 Å². The highest BCUT2D eigenvalue weighted by Crippen LogP contribution is 2.31. The molecule has 0 bridgehead atoms. The van der Waals surface area contributed by atoms with Crippen molar-refractivity contribution in [3.8, 4) is 11.5 Å². The van der Waals surface area contributed by atoms with Crippen LogP contribution in [0, 0.1) is 6.92 Å². The third kappa shape index (κ3) is 4.05. The number of ether oxygens (including phenoxy) is 1. The van der Waals surface area contributed by atoms with E-state index >= 15 is 0 Å². The largest absolute Gasteiger partial charge is 0.456 e. The van der Waals surface area contributed by atoms with Gasteiger partial charge in [0.15, 0.2) is 0 Å². The lowest BCUT2D eigenvalue weighted by atomic mass is 10.2. The number of hydrogen-bond donors (Lipinski definition) is 1. The third-order valence-corrected chi connectivity index (χ3v) is 3.49. The van der Waals surface area contributed by atoms with Crippen LogP contribution in [-0.4, -0.2) is 11.0 Å². The minimum absolute atomic E-state index is 0.424. The number of rotatable bonds is 5. The molecule has 0 aliphatic carbocycles. The standard InChI is InChI=1S/C16H19BrN2O/c1-11(2)18-9-13-10-19-12(3)8-16(13)20-15-7-5-4-6-14(15)17/h4-8,10-11,18H,9H2,1-3H3. The van der Waals surface area contributed by atoms with Crippen LogP contribution < -0.4 is 10.1 Å². The lowest BCUT2D eigenvalue weighted by molar-refractivity contribution is 0.465. The Morgan fingerprint density at radius 3 is 2.70 bits per heavy atom. The summed E-state index contributed by atoms with van der Waals surface area (Å²) in [6.45, 7) is 6.95. The van der Waals surface area contributed by atoms with Crippen LogP contribution in [0.4, 0.5) is 0 Å². The summed E-state index contributed by atoms with van der Waals surface area (Å²) in [6.07, 6.45) is 1.87. The monoisotopic (exact) mass is 334 g/mol. The van der Waals surface area contributed by atoms with Gasteiger partial charge < -0.3 is 10.1 Å². The van der Waals surface area contributed by atoms with E-state index in [9.17, 15) is 0 Å². The molecule has 106 valence electrons. The quantitative estimate of drug-likeness (QED) is 0.877. The highest BCUT2D eigenvalue weighted by atomic mass is 79.9. The number of para-hydroxylation sites is 1. The lowest BCUT2D eigenvalue weighted by Crippen LogP contribution is -2.22. The van der Waals surface area contributed by atoms with Gasteiger partial charge in [-0.15, -0.1) is 0 Å². The highest BCUT2D eigenvalue weighted by Gasteiger charge is 2.09. The van der Waals surface area contributed by atoms with Crippen LogP contribution in [0.1, 0.15) is 25.1 Å². The number of nitrogens with zero attached hydrogens (tertiary/aromatic N) is 1. The van der Waals surface area contributed by atoms with Crippen molar-refractivity contribution >= 4 is 15.9 Å². The van der Waals surface area contributed by atoms with Crippen LogP contribution in [0.3, 0.4) is 0 Å². The number of aromatic nitrogens is 1. The molecule has 1 aromatic carbocycles. The molecule has 0 saturated carbocycles. The van der Waals surface area contributed by atoms with Crippen molar-refractivity contribution < 1.29 is 4.74 Å². The molecule has 0 atom stereocenters. The Balaban J connectivity index is 2.25. The number of benzene rings is 1. The predicted octanol–water partition coefficient (Wildman–Crippen LogP) is 4.44. The van der Waals surface area contributed by atoms with Crippen LogP contribution in [0.15, 0.2) is 41.0 Å². The number of aryl methyl sites for hydroxylation is 1. The van der Waals surface area contributed by atoms with Crippen LogP contribution in [0.5, 0.6) is 11.5 Å². The van der Waals surface area contributed by atoms with E-state index in [0.29, 0.717) is 6.04 Å². The van der Waals surface area contributed by atoms with Gasteiger partial charge in [0.2, 0.25) is 0 Å². The normalized spacial score (nSPS) is 10.8. The zero-order valence-corrected chi connectivity index (χ0v) is 13.6. The van der Waals surface area contributed by atoms with Gasteiger partial charge in [0.25, 0.3) is 0 Å². The molecule has 0 aliphatic heterocycles. The maximum atomic E-state index is 6.03. The van der Waals surface area contributed by atoms with Crippen molar-refractivity contribution in [3.63, 3.8) is 0 Å². The minimum atomic E-state index is 0.424. The Kier molecular flexibility index (Phi) is 5.15. The van der Waals surface area contributed by atoms with Gasteiger partial charge in [0.05, 0.1) is 4.47 Å². The van der Waals surface area contributed by atoms with Crippen LogP contribution in [0.2, 0.25) is 0 Å². The summed E-state index contributed by atoms with van der Waals surface area (Å²) < 4.78 is 6.97. The maximum absolute atomic E-state index is 6.03. The molecule has 4 heteroatoms. The van der Waals surface area contributed by atoms with Gasteiger partial charge in [-0.2, -0.15) is 0 Å². The second-order valence-corrected chi connectivity index (χ2v) is 5.86. The molecule has 1 N–H and O–H groups in total. The van der Waals surface area contributed by atoms with E-state index in [1.807, 2.05) is 43.5 Å². The first kappa shape index (κ1) is 15.0. The fourth-order valence-electron chi connectivity index (χ4n) is 1.75. The average molecular weight is 335 g/mol. The fourth-order valence-corrected chi connectivity index (χ4v) is 2.12. The van der Waals surface area contributed by atoms with Crippen LogP contribution in [0.25, 0.3) is 0 Å². The smallest absolute Gasteiger partial charge is 0.141 e. The molecule has 2 rings (SSSR count). The van der Waals surface area contributed by atoms with Crippen LogP contribution in [-0.2, 0) is 6.54 Å². The molecular formula is C16H19BrN2O. The first-order valence-electron chi connectivity index (χ1n) is 6.67. The summed E-state index contributed by atoms with van der Waals surface area (Å²) in [5, 5.41) is 3.39. The molecule has 0 aliphatic rings. The van der Waals surface area contributed by atoms with Crippen LogP contribution >= 0.6 is 15.9 Å². The van der Waals surface area contributed by atoms with E-state index in [4.69, 9.17) is 4.74 Å². The van der Waals surface area contributed by atoms with Crippen molar-refractivity contribution in [3.05, 3.63) is 52.3 Å². The maximum Gasteiger partial charge on any atom is 0.141 e. The number of hydrogen-bond acceptors (Lipinski definition) is 3. The van der Waals surface area contributed by atoms with Gasteiger partial charge in [-0.1, -0.05) is 26.0 Å². The van der Waals surface area contributed by atoms with E-state index in [1.54, 1.807) is 0 Å². The van der Waals surface area contributed by atoms with Gasteiger partial charge in [0, 0.05) is 36.1 Å². The summed E-state index contributed by atoms with van der Waals surface area (Å²) in [6, 6.07) is 10.2.